The molecule has 0 saturated heterocycles. The average Bonchev–Trinajstić information content (AvgIpc) is 2.93. The second kappa shape index (κ2) is 6.39. The largest absolute Gasteiger partial charge is 0.419 e. The number of nitrogens with zero attached hydrogens (tertiary/aromatic N) is 1. The molecule has 7 nitrogen and oxygen atoms in total. The third-order valence-electron chi connectivity index (χ3n) is 4.61. The average molecular weight is 374 g/mol. The zero-order valence-electron chi connectivity index (χ0n) is 14.1. The van der Waals surface area contributed by atoms with Crippen molar-refractivity contribution >= 4 is 21.1 Å². The summed E-state index contributed by atoms with van der Waals surface area (Å²) in [5.41, 5.74) is 3.10. The van der Waals surface area contributed by atoms with E-state index < -0.39 is 15.8 Å². The summed E-state index contributed by atoms with van der Waals surface area (Å²) < 4.78 is 39.8. The molecule has 26 heavy (non-hydrogen) atoms. The molecule has 0 fully saturated rings. The molecule has 8 heteroatoms. The molecule has 3 aromatic rings. The first-order chi connectivity index (χ1) is 12.4. The summed E-state index contributed by atoms with van der Waals surface area (Å²) in [5, 5.41) is 0. The molecule has 136 valence electrons. The number of aromatic nitrogens is 1. The fourth-order valence-corrected chi connectivity index (χ4v) is 4.19. The second-order valence-electron chi connectivity index (χ2n) is 6.31. The molecule has 4 rings (SSSR count). The zero-order valence-corrected chi connectivity index (χ0v) is 15.0. The van der Waals surface area contributed by atoms with Crippen LogP contribution in [0, 0.1) is 0 Å². The number of aryl methyl sites for hydroxylation is 1. The van der Waals surface area contributed by atoms with Gasteiger partial charge in [0.2, 0.25) is 10.0 Å². The lowest BCUT2D eigenvalue weighted by Gasteiger charge is -2.25. The van der Waals surface area contributed by atoms with Gasteiger partial charge < -0.3 is 9.15 Å². The minimum absolute atomic E-state index is 0.0811. The SMILES string of the molecule is Cn1c(=O)oc2ccc(S(=O)(=O)NCC3Cc4ccccc4CO3)cc21. The number of rotatable bonds is 4. The van der Waals surface area contributed by atoms with E-state index in [0.29, 0.717) is 24.1 Å². The summed E-state index contributed by atoms with van der Waals surface area (Å²) in [5.74, 6) is -0.531. The molecule has 2 aromatic carbocycles. The number of hydrogen-bond acceptors (Lipinski definition) is 5. The Bertz CT molecular complexity index is 1130. The predicted octanol–water partition coefficient (Wildman–Crippen LogP) is 1.55. The van der Waals surface area contributed by atoms with E-state index in [4.69, 9.17) is 9.15 Å². The molecule has 1 aliphatic rings. The molecule has 0 aliphatic carbocycles. The van der Waals surface area contributed by atoms with Gasteiger partial charge in [-0.05, 0) is 29.3 Å². The summed E-state index contributed by atoms with van der Waals surface area (Å²) in [4.78, 5) is 11.6. The summed E-state index contributed by atoms with van der Waals surface area (Å²) in [6.07, 6.45) is 0.440. The van der Waals surface area contributed by atoms with Crippen molar-refractivity contribution in [2.75, 3.05) is 6.54 Å². The topological polar surface area (TPSA) is 90.5 Å². The Labute approximate surface area is 150 Å². The monoisotopic (exact) mass is 374 g/mol. The van der Waals surface area contributed by atoms with Crippen molar-refractivity contribution in [1.29, 1.82) is 0 Å². The Kier molecular flexibility index (Phi) is 4.18. The van der Waals surface area contributed by atoms with Crippen LogP contribution < -0.4 is 10.5 Å². The molecule has 0 amide bonds. The third-order valence-corrected chi connectivity index (χ3v) is 6.04. The van der Waals surface area contributed by atoms with Crippen LogP contribution in [0.2, 0.25) is 0 Å². The van der Waals surface area contributed by atoms with Crippen molar-refractivity contribution in [1.82, 2.24) is 9.29 Å². The fourth-order valence-electron chi connectivity index (χ4n) is 3.10. The minimum atomic E-state index is -3.72. The van der Waals surface area contributed by atoms with Gasteiger partial charge in [0.1, 0.15) is 0 Å². The molecule has 0 radical (unpaired) electrons. The van der Waals surface area contributed by atoms with Crippen molar-refractivity contribution in [3.8, 4) is 0 Å². The molecule has 0 saturated carbocycles. The lowest BCUT2D eigenvalue weighted by atomic mass is 9.99. The predicted molar refractivity (Wildman–Crippen MR) is 95.4 cm³/mol. The summed E-state index contributed by atoms with van der Waals surface area (Å²) in [7, 11) is -2.19. The maximum absolute atomic E-state index is 12.6. The smallest absolute Gasteiger partial charge is 0.408 e. The first-order valence-corrected chi connectivity index (χ1v) is 9.70. The molecular formula is C18H18N2O5S. The Morgan fingerprint density at radius 1 is 1.19 bits per heavy atom. The van der Waals surface area contributed by atoms with E-state index in [1.165, 1.54) is 35.4 Å². The standard InChI is InChI=1S/C18H18N2O5S/c1-20-16-9-15(6-7-17(16)25-18(20)21)26(22,23)19-10-14-8-12-4-2-3-5-13(12)11-24-14/h2-7,9,14,19H,8,10-11H2,1H3. The van der Waals surface area contributed by atoms with Gasteiger partial charge in [-0.15, -0.1) is 0 Å². The molecule has 0 bridgehead atoms. The Morgan fingerprint density at radius 3 is 2.77 bits per heavy atom. The number of oxazole rings is 1. The molecule has 1 aromatic heterocycles. The minimum Gasteiger partial charge on any atom is -0.408 e. The maximum atomic E-state index is 12.6. The van der Waals surface area contributed by atoms with E-state index in [9.17, 15) is 13.2 Å². The molecule has 0 spiro atoms. The van der Waals surface area contributed by atoms with Gasteiger partial charge in [-0.3, -0.25) is 4.57 Å². The summed E-state index contributed by atoms with van der Waals surface area (Å²) >= 11 is 0. The van der Waals surface area contributed by atoms with Crippen LogP contribution in [-0.4, -0.2) is 25.6 Å². The Morgan fingerprint density at radius 2 is 1.96 bits per heavy atom. The molecule has 1 aliphatic heterocycles. The van der Waals surface area contributed by atoms with Gasteiger partial charge in [0.25, 0.3) is 0 Å². The molecular weight excluding hydrogens is 356 g/mol. The number of fused-ring (bicyclic) bond motifs is 2. The van der Waals surface area contributed by atoms with Crippen LogP contribution in [0.15, 0.2) is 56.6 Å². The van der Waals surface area contributed by atoms with Gasteiger partial charge >= 0.3 is 5.76 Å². The van der Waals surface area contributed by atoms with Crippen molar-refractivity contribution in [2.24, 2.45) is 7.05 Å². The maximum Gasteiger partial charge on any atom is 0.419 e. The van der Waals surface area contributed by atoms with E-state index in [-0.39, 0.29) is 17.5 Å². The summed E-state index contributed by atoms with van der Waals surface area (Å²) in [6.45, 7) is 0.657. The second-order valence-corrected chi connectivity index (χ2v) is 8.08. The highest BCUT2D eigenvalue weighted by molar-refractivity contribution is 7.89. The molecule has 1 unspecified atom stereocenters. The quantitative estimate of drug-likeness (QED) is 0.748. The van der Waals surface area contributed by atoms with Gasteiger partial charge in [-0.2, -0.15) is 0 Å². The third kappa shape index (κ3) is 3.07. The number of ether oxygens (including phenoxy) is 1. The lowest BCUT2D eigenvalue weighted by Crippen LogP contribution is -2.36. The van der Waals surface area contributed by atoms with E-state index in [1.807, 2.05) is 24.3 Å². The number of hydrogen-bond donors (Lipinski definition) is 1. The number of benzene rings is 2. The van der Waals surface area contributed by atoms with Crippen LogP contribution in [0.3, 0.4) is 0 Å². The fraction of sp³-hybridized carbons (Fsp3) is 0.278. The zero-order chi connectivity index (χ0) is 18.3. The van der Waals surface area contributed by atoms with Gasteiger partial charge in [0.15, 0.2) is 5.58 Å². The van der Waals surface area contributed by atoms with Gasteiger partial charge in [0, 0.05) is 20.0 Å². The van der Waals surface area contributed by atoms with Crippen molar-refractivity contribution in [2.45, 2.75) is 24.0 Å². The first kappa shape index (κ1) is 17.0. The van der Waals surface area contributed by atoms with E-state index in [1.54, 1.807) is 0 Å². The van der Waals surface area contributed by atoms with E-state index in [0.717, 1.165) is 5.56 Å². The highest BCUT2D eigenvalue weighted by Crippen LogP contribution is 2.21. The van der Waals surface area contributed by atoms with Crippen LogP contribution in [0.25, 0.3) is 11.1 Å². The number of nitrogens with one attached hydrogen (secondary N) is 1. The van der Waals surface area contributed by atoms with E-state index in [2.05, 4.69) is 4.72 Å². The van der Waals surface area contributed by atoms with Crippen LogP contribution >= 0.6 is 0 Å². The van der Waals surface area contributed by atoms with Gasteiger partial charge in [0.05, 0.1) is 23.1 Å². The van der Waals surface area contributed by atoms with Crippen LogP contribution in [0.1, 0.15) is 11.1 Å². The number of sulfonamides is 1. The Balaban J connectivity index is 1.51. The lowest BCUT2D eigenvalue weighted by molar-refractivity contribution is 0.0322. The van der Waals surface area contributed by atoms with Gasteiger partial charge in [-0.1, -0.05) is 24.3 Å². The van der Waals surface area contributed by atoms with Crippen molar-refractivity contribution in [3.63, 3.8) is 0 Å². The molecule has 2 heterocycles. The molecule has 1 atom stereocenters. The normalized spacial score (nSPS) is 17.3. The van der Waals surface area contributed by atoms with Crippen molar-refractivity contribution in [3.05, 3.63) is 64.1 Å². The van der Waals surface area contributed by atoms with Crippen LogP contribution in [0.5, 0.6) is 0 Å². The summed E-state index contributed by atoms with van der Waals surface area (Å²) in [6, 6.07) is 12.3. The van der Waals surface area contributed by atoms with Crippen LogP contribution in [-0.2, 0) is 34.8 Å². The first-order valence-electron chi connectivity index (χ1n) is 8.22. The molecule has 1 N–H and O–H groups in total. The van der Waals surface area contributed by atoms with Crippen molar-refractivity contribution < 1.29 is 17.6 Å². The Hall–Kier alpha value is -2.42. The van der Waals surface area contributed by atoms with Gasteiger partial charge in [-0.25, -0.2) is 17.9 Å². The van der Waals surface area contributed by atoms with E-state index >= 15 is 0 Å². The van der Waals surface area contributed by atoms with Crippen LogP contribution in [0.4, 0.5) is 0 Å². The highest BCUT2D eigenvalue weighted by Gasteiger charge is 2.22. The highest BCUT2D eigenvalue weighted by atomic mass is 32.2.